The zero-order valence-corrected chi connectivity index (χ0v) is 17.3. The second kappa shape index (κ2) is 7.11. The largest absolute Gasteiger partial charge is 0.506 e. The average Bonchev–Trinajstić information content (AvgIpc) is 2.67. The molecule has 4 nitrogen and oxygen atoms in total. The fourth-order valence-corrected chi connectivity index (χ4v) is 3.81. The van der Waals surface area contributed by atoms with Gasteiger partial charge in [-0.2, -0.15) is 0 Å². The third kappa shape index (κ3) is 3.55. The molecular formula is C25H26O4. The topological polar surface area (TPSA) is 55.8 Å². The third-order valence-corrected chi connectivity index (χ3v) is 5.32. The summed E-state index contributed by atoms with van der Waals surface area (Å²) >= 11 is 0. The maximum absolute atomic E-state index is 13.1. The summed E-state index contributed by atoms with van der Waals surface area (Å²) in [7, 11) is 0. The monoisotopic (exact) mass is 390 g/mol. The van der Waals surface area contributed by atoms with Gasteiger partial charge < -0.3 is 14.6 Å². The number of benzene rings is 2. The van der Waals surface area contributed by atoms with Gasteiger partial charge in [-0.1, -0.05) is 42.0 Å². The van der Waals surface area contributed by atoms with Crippen LogP contribution in [-0.2, 0) is 6.42 Å². The second-order valence-electron chi connectivity index (χ2n) is 8.44. The molecule has 2 heterocycles. The van der Waals surface area contributed by atoms with E-state index in [-0.39, 0.29) is 29.6 Å². The molecule has 0 bridgehead atoms. The Hall–Kier alpha value is -3.01. The summed E-state index contributed by atoms with van der Waals surface area (Å²) in [5.74, 6) is 0.860. The molecule has 0 spiro atoms. The van der Waals surface area contributed by atoms with E-state index in [2.05, 4.69) is 6.08 Å². The van der Waals surface area contributed by atoms with E-state index < -0.39 is 5.60 Å². The molecular weight excluding hydrogens is 364 g/mol. The number of hydrogen-bond acceptors (Lipinski definition) is 4. The van der Waals surface area contributed by atoms with Gasteiger partial charge in [0, 0.05) is 5.56 Å². The lowest BCUT2D eigenvalue weighted by atomic mass is 9.88. The summed E-state index contributed by atoms with van der Waals surface area (Å²) in [6.45, 7) is 7.99. The minimum absolute atomic E-state index is 0.0563. The summed E-state index contributed by atoms with van der Waals surface area (Å²) in [4.78, 5) is 13.1. The second-order valence-corrected chi connectivity index (χ2v) is 8.44. The molecule has 1 atom stereocenters. The van der Waals surface area contributed by atoms with Gasteiger partial charge in [-0.3, -0.25) is 4.79 Å². The summed E-state index contributed by atoms with van der Waals surface area (Å²) < 4.78 is 12.6. The Bertz CT molecular complexity index is 1020. The molecule has 4 rings (SSSR count). The molecule has 0 aromatic heterocycles. The number of phenolic OH excluding ortho intramolecular Hbond substituents is 1. The average molecular weight is 390 g/mol. The van der Waals surface area contributed by atoms with E-state index >= 15 is 0 Å². The Kier molecular flexibility index (Phi) is 4.73. The molecule has 4 heteroatoms. The summed E-state index contributed by atoms with van der Waals surface area (Å²) in [6, 6.07) is 9.72. The van der Waals surface area contributed by atoms with E-state index in [1.165, 1.54) is 0 Å². The van der Waals surface area contributed by atoms with E-state index in [9.17, 15) is 9.90 Å². The summed E-state index contributed by atoms with van der Waals surface area (Å²) in [5, 5.41) is 10.9. The predicted molar refractivity (Wildman–Crippen MR) is 114 cm³/mol. The zero-order valence-electron chi connectivity index (χ0n) is 17.3. The lowest BCUT2D eigenvalue weighted by Crippen LogP contribution is -2.29. The van der Waals surface area contributed by atoms with Crippen LogP contribution in [0.3, 0.4) is 0 Å². The summed E-state index contributed by atoms with van der Waals surface area (Å²) in [5.41, 5.74) is 3.22. The van der Waals surface area contributed by atoms with Crippen molar-refractivity contribution in [3.05, 3.63) is 70.3 Å². The molecule has 0 aliphatic carbocycles. The minimum Gasteiger partial charge on any atom is -0.506 e. The van der Waals surface area contributed by atoms with Crippen LogP contribution in [0.25, 0.3) is 6.08 Å². The highest BCUT2D eigenvalue weighted by Gasteiger charge is 2.37. The smallest absolute Gasteiger partial charge is 0.174 e. The lowest BCUT2D eigenvalue weighted by molar-refractivity contribution is 0.0839. The number of allylic oxidation sites excluding steroid dienone is 2. The zero-order chi connectivity index (χ0) is 20.8. The van der Waals surface area contributed by atoms with E-state index in [1.807, 2.05) is 70.2 Å². The van der Waals surface area contributed by atoms with Gasteiger partial charge in [0.15, 0.2) is 5.78 Å². The van der Waals surface area contributed by atoms with Crippen molar-refractivity contribution in [2.45, 2.75) is 52.2 Å². The molecule has 150 valence electrons. The van der Waals surface area contributed by atoms with E-state index in [1.54, 1.807) is 0 Å². The van der Waals surface area contributed by atoms with Gasteiger partial charge in [-0.15, -0.1) is 0 Å². The van der Waals surface area contributed by atoms with Crippen molar-refractivity contribution < 1.29 is 19.4 Å². The fourth-order valence-electron chi connectivity index (χ4n) is 3.81. The normalized spacial score (nSPS) is 18.9. The van der Waals surface area contributed by atoms with Crippen LogP contribution in [0.15, 0.2) is 48.1 Å². The highest BCUT2D eigenvalue weighted by atomic mass is 16.5. The number of ketones is 1. The molecule has 1 N–H and O–H groups in total. The highest BCUT2D eigenvalue weighted by molar-refractivity contribution is 6.05. The molecule has 0 radical (unpaired) electrons. The van der Waals surface area contributed by atoms with Crippen LogP contribution in [0.5, 0.6) is 17.2 Å². The molecule has 0 saturated heterocycles. The van der Waals surface area contributed by atoms with Gasteiger partial charge >= 0.3 is 0 Å². The van der Waals surface area contributed by atoms with Crippen molar-refractivity contribution in [3.8, 4) is 17.2 Å². The van der Waals surface area contributed by atoms with Crippen LogP contribution in [0, 0.1) is 0 Å². The lowest BCUT2D eigenvalue weighted by Gasteiger charge is -2.34. The van der Waals surface area contributed by atoms with E-state index in [0.29, 0.717) is 23.5 Å². The predicted octanol–water partition coefficient (Wildman–Crippen LogP) is 5.79. The first-order valence-electron chi connectivity index (χ1n) is 9.95. The number of aromatic hydroxyl groups is 1. The molecule has 2 aliphatic heterocycles. The Morgan fingerprint density at radius 1 is 1.21 bits per heavy atom. The standard InChI is InChI=1S/C25H26O4/c1-15(2)10-11-18-23-17(12-13-25(3,4)29-23)22(27)21-19(26)14-20(28-24(18)21)16-8-6-5-7-9-16/h5-10,12-13,20,27H,11,14H2,1-4H3. The first-order chi connectivity index (χ1) is 13.8. The number of ether oxygens (including phenoxy) is 2. The number of fused-ring (bicyclic) bond motifs is 2. The van der Waals surface area contributed by atoms with Crippen LogP contribution < -0.4 is 9.47 Å². The minimum atomic E-state index is -0.509. The van der Waals surface area contributed by atoms with E-state index in [4.69, 9.17) is 9.47 Å². The van der Waals surface area contributed by atoms with Gasteiger partial charge in [0.05, 0.1) is 12.0 Å². The Labute approximate surface area is 171 Å². The van der Waals surface area contributed by atoms with Gasteiger partial charge in [0.25, 0.3) is 0 Å². The van der Waals surface area contributed by atoms with Crippen LogP contribution in [0.1, 0.15) is 67.3 Å². The first-order valence-corrected chi connectivity index (χ1v) is 9.95. The molecule has 0 amide bonds. The molecule has 2 aromatic rings. The first kappa shape index (κ1) is 19.3. The number of hydrogen-bond donors (Lipinski definition) is 1. The van der Waals surface area contributed by atoms with Crippen molar-refractivity contribution in [3.63, 3.8) is 0 Å². The number of carbonyl (C=O) groups excluding carboxylic acids is 1. The molecule has 0 saturated carbocycles. The van der Waals surface area contributed by atoms with Crippen LogP contribution in [-0.4, -0.2) is 16.5 Å². The van der Waals surface area contributed by atoms with Gasteiger partial charge in [-0.05, 0) is 51.8 Å². The molecule has 1 unspecified atom stereocenters. The van der Waals surface area contributed by atoms with Crippen molar-refractivity contribution in [1.82, 2.24) is 0 Å². The number of carbonyl (C=O) groups is 1. The third-order valence-electron chi connectivity index (χ3n) is 5.32. The molecule has 29 heavy (non-hydrogen) atoms. The Balaban J connectivity index is 1.91. The number of rotatable bonds is 3. The van der Waals surface area contributed by atoms with Gasteiger partial charge in [0.2, 0.25) is 0 Å². The van der Waals surface area contributed by atoms with Crippen molar-refractivity contribution >= 4 is 11.9 Å². The number of Topliss-reactive ketones (excluding diaryl/α,β-unsaturated/α-hetero) is 1. The highest BCUT2D eigenvalue weighted by Crippen LogP contribution is 2.51. The SMILES string of the molecule is CC(C)=CCc1c2c(c(O)c3c1OC(c1ccccc1)CC3=O)C=CC(C)(C)O2. The quantitative estimate of drug-likeness (QED) is 0.674. The fraction of sp³-hybridized carbons (Fsp3) is 0.320. The van der Waals surface area contributed by atoms with Gasteiger partial charge in [-0.25, -0.2) is 0 Å². The molecule has 0 fully saturated rings. The summed E-state index contributed by atoms with van der Waals surface area (Å²) in [6.07, 6.45) is 6.20. The Morgan fingerprint density at radius 2 is 1.93 bits per heavy atom. The maximum Gasteiger partial charge on any atom is 0.174 e. The Morgan fingerprint density at radius 3 is 2.62 bits per heavy atom. The van der Waals surface area contributed by atoms with E-state index in [0.717, 1.165) is 16.7 Å². The van der Waals surface area contributed by atoms with Crippen molar-refractivity contribution in [1.29, 1.82) is 0 Å². The van der Waals surface area contributed by atoms with Crippen LogP contribution in [0.4, 0.5) is 0 Å². The van der Waals surface area contributed by atoms with Crippen molar-refractivity contribution in [2.75, 3.05) is 0 Å². The number of phenols is 1. The van der Waals surface area contributed by atoms with Crippen LogP contribution in [0.2, 0.25) is 0 Å². The van der Waals surface area contributed by atoms with Gasteiger partial charge in [0.1, 0.15) is 34.5 Å². The molecule has 2 aromatic carbocycles. The van der Waals surface area contributed by atoms with Crippen molar-refractivity contribution in [2.24, 2.45) is 0 Å². The maximum atomic E-state index is 13.1. The van der Waals surface area contributed by atoms with Crippen LogP contribution >= 0.6 is 0 Å². The molecule has 2 aliphatic rings.